The molecular formula is C23H27N5O3S. The summed E-state index contributed by atoms with van der Waals surface area (Å²) in [5.41, 5.74) is 2.73. The largest absolute Gasteiger partial charge is 0.497 e. The van der Waals surface area contributed by atoms with Crippen molar-refractivity contribution in [2.24, 2.45) is 5.92 Å². The summed E-state index contributed by atoms with van der Waals surface area (Å²) in [7, 11) is 1.63. The Labute approximate surface area is 190 Å². The quantitative estimate of drug-likeness (QED) is 0.639. The van der Waals surface area contributed by atoms with Crippen LogP contribution in [0.1, 0.15) is 42.5 Å². The molecule has 1 amide bonds. The first kappa shape index (κ1) is 20.9. The highest BCUT2D eigenvalue weighted by molar-refractivity contribution is 7.20. The second-order valence-electron chi connectivity index (χ2n) is 8.48. The van der Waals surface area contributed by atoms with Crippen molar-refractivity contribution in [3.8, 4) is 5.75 Å². The summed E-state index contributed by atoms with van der Waals surface area (Å²) >= 11 is 1.44. The van der Waals surface area contributed by atoms with Gasteiger partial charge in [0.25, 0.3) is 5.56 Å². The van der Waals surface area contributed by atoms with Gasteiger partial charge in [0.2, 0.25) is 16.0 Å². The standard InChI is InChI=1S/C23H27N5O3S/c1-31-17-8-4-6-15(12-17)13-24-20(29)16-7-5-11-27(14-16)23-26-28-21(30)18-9-2-3-10-19(18)25-22(28)32-23/h4,6,8,12,16H,2-3,5,7,9-11,13-14H2,1H3,(H,24,29). The number of anilines is 1. The molecule has 0 bridgehead atoms. The molecule has 1 N–H and O–H groups in total. The Balaban J connectivity index is 1.29. The molecule has 1 saturated heterocycles. The van der Waals surface area contributed by atoms with E-state index < -0.39 is 0 Å². The van der Waals surface area contributed by atoms with Crippen LogP contribution in [-0.4, -0.2) is 40.7 Å². The van der Waals surface area contributed by atoms with E-state index in [1.54, 1.807) is 7.11 Å². The van der Waals surface area contributed by atoms with Crippen molar-refractivity contribution in [3.05, 3.63) is 51.4 Å². The number of piperidine rings is 1. The first-order valence-corrected chi connectivity index (χ1v) is 12.0. The van der Waals surface area contributed by atoms with E-state index in [4.69, 9.17) is 9.72 Å². The molecule has 9 heteroatoms. The molecule has 0 radical (unpaired) electrons. The van der Waals surface area contributed by atoms with Crippen molar-refractivity contribution in [2.45, 2.75) is 45.1 Å². The van der Waals surface area contributed by atoms with Gasteiger partial charge in [-0.05, 0) is 56.2 Å². The van der Waals surface area contributed by atoms with E-state index in [1.165, 1.54) is 15.9 Å². The highest BCUT2D eigenvalue weighted by atomic mass is 32.1. The third-order valence-electron chi connectivity index (χ3n) is 6.33. The van der Waals surface area contributed by atoms with Crippen LogP contribution in [0.4, 0.5) is 5.13 Å². The summed E-state index contributed by atoms with van der Waals surface area (Å²) < 4.78 is 6.71. The van der Waals surface area contributed by atoms with Crippen LogP contribution in [0.25, 0.3) is 4.96 Å². The zero-order valence-corrected chi connectivity index (χ0v) is 19.0. The van der Waals surface area contributed by atoms with Gasteiger partial charge >= 0.3 is 0 Å². The molecule has 0 spiro atoms. The summed E-state index contributed by atoms with van der Waals surface area (Å²) in [6, 6.07) is 7.71. The second kappa shape index (κ2) is 8.90. The van der Waals surface area contributed by atoms with Gasteiger partial charge in [0.1, 0.15) is 5.75 Å². The Morgan fingerprint density at radius 1 is 1.28 bits per heavy atom. The molecule has 0 saturated carbocycles. The van der Waals surface area contributed by atoms with Crippen molar-refractivity contribution >= 4 is 27.3 Å². The Morgan fingerprint density at radius 2 is 2.16 bits per heavy atom. The summed E-state index contributed by atoms with van der Waals surface area (Å²) in [5, 5.41) is 8.42. The van der Waals surface area contributed by atoms with Crippen LogP contribution < -0.4 is 20.5 Å². The minimum Gasteiger partial charge on any atom is -0.497 e. The molecule has 32 heavy (non-hydrogen) atoms. The van der Waals surface area contributed by atoms with Gasteiger partial charge in [0.05, 0.1) is 18.7 Å². The van der Waals surface area contributed by atoms with Crippen LogP contribution in [0, 0.1) is 5.92 Å². The first-order valence-electron chi connectivity index (χ1n) is 11.2. The van der Waals surface area contributed by atoms with Crippen LogP contribution in [0.3, 0.4) is 0 Å². The SMILES string of the molecule is COc1cccc(CNC(=O)C2CCCN(c3nn4c(=O)c5c(nc4s3)CCCC5)C2)c1. The highest BCUT2D eigenvalue weighted by Gasteiger charge is 2.28. The van der Waals surface area contributed by atoms with Crippen molar-refractivity contribution in [1.82, 2.24) is 19.9 Å². The van der Waals surface area contributed by atoms with E-state index in [9.17, 15) is 9.59 Å². The predicted molar refractivity (Wildman–Crippen MR) is 124 cm³/mol. The Hall–Kier alpha value is -2.94. The molecule has 3 heterocycles. The van der Waals surface area contributed by atoms with Gasteiger partial charge in [-0.3, -0.25) is 9.59 Å². The lowest BCUT2D eigenvalue weighted by molar-refractivity contribution is -0.125. The lowest BCUT2D eigenvalue weighted by Gasteiger charge is -2.31. The number of ether oxygens (including phenoxy) is 1. The minimum absolute atomic E-state index is 0.0307. The number of methoxy groups -OCH3 is 1. The summed E-state index contributed by atoms with van der Waals surface area (Å²) in [6.45, 7) is 1.89. The fraction of sp³-hybridized carbons (Fsp3) is 0.478. The average Bonchev–Trinajstić information content (AvgIpc) is 3.27. The third kappa shape index (κ3) is 4.09. The minimum atomic E-state index is -0.112. The average molecular weight is 454 g/mol. The molecule has 3 aromatic rings. The molecule has 1 unspecified atom stereocenters. The maximum atomic E-state index is 12.9. The number of benzene rings is 1. The molecule has 1 aromatic carbocycles. The summed E-state index contributed by atoms with van der Waals surface area (Å²) in [4.78, 5) is 33.2. The summed E-state index contributed by atoms with van der Waals surface area (Å²) in [5.74, 6) is 0.714. The van der Waals surface area contributed by atoms with Gasteiger partial charge in [0.15, 0.2) is 0 Å². The van der Waals surface area contributed by atoms with Gasteiger partial charge < -0.3 is 15.0 Å². The Kier molecular flexibility index (Phi) is 5.82. The molecule has 1 fully saturated rings. The maximum absolute atomic E-state index is 12.9. The lowest BCUT2D eigenvalue weighted by atomic mass is 9.97. The first-order chi connectivity index (χ1) is 15.6. The van der Waals surface area contributed by atoms with E-state index >= 15 is 0 Å². The van der Waals surface area contributed by atoms with Gasteiger partial charge in [-0.15, -0.1) is 5.10 Å². The highest BCUT2D eigenvalue weighted by Crippen LogP contribution is 2.28. The second-order valence-corrected chi connectivity index (χ2v) is 9.42. The van der Waals surface area contributed by atoms with Crippen molar-refractivity contribution in [1.29, 1.82) is 0 Å². The molecular weight excluding hydrogens is 426 g/mol. The van der Waals surface area contributed by atoms with Gasteiger partial charge in [0, 0.05) is 25.2 Å². The number of aryl methyl sites for hydroxylation is 1. The fourth-order valence-corrected chi connectivity index (χ4v) is 5.52. The van der Waals surface area contributed by atoms with Crippen molar-refractivity contribution in [2.75, 3.05) is 25.1 Å². The van der Waals surface area contributed by atoms with Crippen LogP contribution >= 0.6 is 11.3 Å². The normalized spacial score (nSPS) is 18.4. The monoisotopic (exact) mass is 453 g/mol. The molecule has 8 nitrogen and oxygen atoms in total. The van der Waals surface area contributed by atoms with Crippen molar-refractivity contribution in [3.63, 3.8) is 0 Å². The summed E-state index contributed by atoms with van der Waals surface area (Å²) in [6.07, 6.45) is 5.53. The van der Waals surface area contributed by atoms with E-state index in [0.717, 1.165) is 72.8 Å². The zero-order chi connectivity index (χ0) is 22.1. The van der Waals surface area contributed by atoms with E-state index in [1.807, 2.05) is 24.3 Å². The van der Waals surface area contributed by atoms with E-state index in [-0.39, 0.29) is 17.4 Å². The molecule has 2 aliphatic rings. The van der Waals surface area contributed by atoms with Gasteiger partial charge in [-0.1, -0.05) is 23.5 Å². The Morgan fingerprint density at radius 3 is 3.03 bits per heavy atom. The van der Waals surface area contributed by atoms with E-state index in [0.29, 0.717) is 18.1 Å². The molecule has 1 aliphatic heterocycles. The van der Waals surface area contributed by atoms with Crippen LogP contribution in [0.2, 0.25) is 0 Å². The lowest BCUT2D eigenvalue weighted by Crippen LogP contribution is -2.43. The molecule has 5 rings (SSSR count). The Bertz CT molecular complexity index is 1200. The third-order valence-corrected chi connectivity index (χ3v) is 7.30. The van der Waals surface area contributed by atoms with Gasteiger partial charge in [-0.2, -0.15) is 4.52 Å². The molecule has 168 valence electrons. The maximum Gasteiger partial charge on any atom is 0.278 e. The predicted octanol–water partition coefficient (Wildman–Crippen LogP) is 2.57. The van der Waals surface area contributed by atoms with Crippen LogP contribution in [0.5, 0.6) is 5.75 Å². The number of rotatable bonds is 5. The number of hydrogen-bond donors (Lipinski definition) is 1. The molecule has 2 aromatic heterocycles. The number of carbonyl (C=O) groups is 1. The number of nitrogens with one attached hydrogen (secondary N) is 1. The van der Waals surface area contributed by atoms with Gasteiger partial charge in [-0.25, -0.2) is 4.98 Å². The van der Waals surface area contributed by atoms with Crippen LogP contribution in [-0.2, 0) is 24.2 Å². The smallest absolute Gasteiger partial charge is 0.278 e. The van der Waals surface area contributed by atoms with Crippen LogP contribution in [0.15, 0.2) is 29.1 Å². The van der Waals surface area contributed by atoms with Crippen molar-refractivity contribution < 1.29 is 9.53 Å². The number of amides is 1. The number of carbonyl (C=O) groups excluding carboxylic acids is 1. The zero-order valence-electron chi connectivity index (χ0n) is 18.2. The number of hydrogen-bond acceptors (Lipinski definition) is 7. The van der Waals surface area contributed by atoms with E-state index in [2.05, 4.69) is 15.3 Å². The fourth-order valence-electron chi connectivity index (χ4n) is 4.57. The topological polar surface area (TPSA) is 88.8 Å². The number of nitrogens with zero attached hydrogens (tertiary/aromatic N) is 4. The number of aromatic nitrogens is 3. The molecule has 1 aliphatic carbocycles. The molecule has 1 atom stereocenters. The number of fused-ring (bicyclic) bond motifs is 2.